The van der Waals surface area contributed by atoms with Crippen LogP contribution in [0.3, 0.4) is 0 Å². The van der Waals surface area contributed by atoms with E-state index in [2.05, 4.69) is 0 Å². The molecule has 0 aliphatic carbocycles. The minimum atomic E-state index is -4.31. The minimum Gasteiger partial charge on any atom is -0.480 e. The smallest absolute Gasteiger partial charge is 0.323 e. The molecule has 6 rings (SSSR count). The molecule has 53 heavy (non-hydrogen) atoms. The van der Waals surface area contributed by atoms with Gasteiger partial charge in [-0.3, -0.25) is 47.4 Å². The minimum absolute atomic E-state index is 0.0138. The average molecular weight is 813 g/mol. The molecule has 0 atom stereocenters. The normalized spacial score (nSPS) is 18.0. The Bertz CT molecular complexity index is 2640. The number of aliphatic carboxylic acids is 3. The zero-order valence-corrected chi connectivity index (χ0v) is 30.1. The summed E-state index contributed by atoms with van der Waals surface area (Å²) in [6, 6.07) is 3.16. The third-order valence-electron chi connectivity index (χ3n) is 7.57. The summed E-state index contributed by atoms with van der Waals surface area (Å²) in [6.45, 7) is -1.30. The van der Waals surface area contributed by atoms with Gasteiger partial charge in [0.1, 0.15) is 33.5 Å². The van der Waals surface area contributed by atoms with E-state index < -0.39 is 81.4 Å². The van der Waals surface area contributed by atoms with Gasteiger partial charge in [-0.05, 0) is 31.6 Å². The van der Waals surface area contributed by atoms with Crippen LogP contribution in [0.4, 0.5) is 5.69 Å². The summed E-state index contributed by atoms with van der Waals surface area (Å²) in [5.74, 6) is -5.51. The molecule has 24 heteroatoms. The Kier molecular flexibility index (Phi) is 9.90. The predicted octanol–water partition coefficient (Wildman–Crippen LogP) is -1.16. The third-order valence-corrected chi connectivity index (χ3v) is 11.1. The van der Waals surface area contributed by atoms with Crippen molar-refractivity contribution in [3.05, 3.63) is 62.7 Å². The van der Waals surface area contributed by atoms with Crippen LogP contribution in [0.25, 0.3) is 11.8 Å². The first kappa shape index (κ1) is 37.2. The maximum atomic E-state index is 13.8. The van der Waals surface area contributed by atoms with Gasteiger partial charge in [-0.15, -0.1) is 22.7 Å². The number of thiocarbonyl (C=S) groups is 1. The Morgan fingerprint density at radius 1 is 0.868 bits per heavy atom. The monoisotopic (exact) mass is 812 g/mol. The maximum absolute atomic E-state index is 13.8. The van der Waals surface area contributed by atoms with Crippen molar-refractivity contribution in [1.29, 1.82) is 0 Å². The Balaban J connectivity index is 1.57. The number of ether oxygens (including phenoxy) is 4. The lowest BCUT2D eigenvalue weighted by atomic mass is 10.2. The number of benzene rings is 1. The highest BCUT2D eigenvalue weighted by Crippen LogP contribution is 2.48. The summed E-state index contributed by atoms with van der Waals surface area (Å²) in [7, 11) is -4.31. The summed E-state index contributed by atoms with van der Waals surface area (Å²) < 4.78 is 54.9. The number of amides is 1. The van der Waals surface area contributed by atoms with Crippen molar-refractivity contribution >= 4 is 91.5 Å². The number of fused-ring (bicyclic) bond motifs is 2. The maximum Gasteiger partial charge on any atom is 0.323 e. The van der Waals surface area contributed by atoms with Crippen molar-refractivity contribution in [3.8, 4) is 17.2 Å². The molecule has 4 N–H and O–H groups in total. The molecular formula is C29H24N4O16S4. The van der Waals surface area contributed by atoms with Crippen molar-refractivity contribution in [3.63, 3.8) is 0 Å². The molecule has 280 valence electrons. The zero-order chi connectivity index (χ0) is 38.5. The topological polar surface area (TPSA) is 271 Å². The van der Waals surface area contributed by atoms with Crippen molar-refractivity contribution in [2.75, 3.05) is 30.5 Å². The van der Waals surface area contributed by atoms with Crippen molar-refractivity contribution in [1.82, 2.24) is 14.0 Å². The first-order valence-electron chi connectivity index (χ1n) is 14.9. The number of thiazole rings is 2. The summed E-state index contributed by atoms with van der Waals surface area (Å²) >= 11 is 6.14. The molecule has 3 aliphatic heterocycles. The standard InChI is InChI=1S/C29H24N4O16S4/c1-12(26-30(3-2-4-53(43,44)45)13-6-15-16(47-11-46-15)7-14(13)48-26)5-17-23(40)31(8-18(34)35)28(51-17)22-25(42)32(9-19(36)37)27(52-22)21-24(41)33(10-20(38)39)29(50)49-21/h5-7H,2-4,8-11H2,1H3,(H,34,35)(H,36,37)(H,38,39)(H,43,44,45)/b17-5?,26-12?,27-21?,28-22+. The van der Waals surface area contributed by atoms with Gasteiger partial charge in [-0.1, -0.05) is 0 Å². The highest BCUT2D eigenvalue weighted by molar-refractivity contribution is 7.85. The second-order valence-electron chi connectivity index (χ2n) is 11.3. The summed E-state index contributed by atoms with van der Waals surface area (Å²) in [5, 5.41) is 27.9. The second-order valence-corrected chi connectivity index (χ2v) is 15.2. The van der Waals surface area contributed by atoms with E-state index in [0.29, 0.717) is 55.1 Å². The molecule has 1 amide bonds. The molecular weight excluding hydrogens is 789 g/mol. The van der Waals surface area contributed by atoms with Crippen LogP contribution in [0.2, 0.25) is 0 Å². The number of hydrogen-bond acceptors (Lipinski definition) is 16. The Hall–Kier alpha value is -5.56. The van der Waals surface area contributed by atoms with Gasteiger partial charge in [0, 0.05) is 24.3 Å². The molecule has 3 aliphatic rings. The number of anilines is 1. The van der Waals surface area contributed by atoms with Gasteiger partial charge in [0.25, 0.3) is 26.4 Å². The van der Waals surface area contributed by atoms with Gasteiger partial charge in [0.15, 0.2) is 17.2 Å². The molecule has 20 nitrogen and oxygen atoms in total. The van der Waals surface area contributed by atoms with Crippen LogP contribution in [-0.4, -0.2) is 96.9 Å². The number of carbonyl (C=O) groups is 4. The van der Waals surface area contributed by atoms with Crippen LogP contribution in [0.1, 0.15) is 13.3 Å². The number of hydrogen-bond donors (Lipinski definition) is 4. The van der Waals surface area contributed by atoms with Crippen LogP contribution >= 0.6 is 34.9 Å². The number of carbonyl (C=O) groups excluding carboxylic acids is 1. The Morgan fingerprint density at radius 3 is 2.11 bits per heavy atom. The van der Waals surface area contributed by atoms with Gasteiger partial charge in [0.05, 0.1) is 16.0 Å². The van der Waals surface area contributed by atoms with Crippen molar-refractivity contribution in [2.24, 2.45) is 0 Å². The quantitative estimate of drug-likeness (QED) is 0.131. The van der Waals surface area contributed by atoms with E-state index in [-0.39, 0.29) is 49.6 Å². The molecule has 0 bridgehead atoms. The molecule has 1 saturated heterocycles. The number of nitrogens with zero attached hydrogens (tertiary/aromatic N) is 4. The first-order chi connectivity index (χ1) is 24.9. The fourth-order valence-corrected chi connectivity index (χ4v) is 8.53. The zero-order valence-electron chi connectivity index (χ0n) is 26.8. The molecule has 0 radical (unpaired) electrons. The lowest BCUT2D eigenvalue weighted by Gasteiger charge is -2.19. The molecule has 3 aromatic rings. The summed E-state index contributed by atoms with van der Waals surface area (Å²) in [6.07, 6.45) is 1.30. The molecule has 0 spiro atoms. The first-order valence-corrected chi connectivity index (χ1v) is 18.5. The number of aromatic nitrogens is 2. The SMILES string of the molecule is CC(C=c1s/c(=c2/sc(=C3OC(=S)N(CC(=O)O)C3=O)n(CC(=O)O)c2=O)n(CC(=O)O)c1=O)=C1Oc2cc3c(cc2N1CCCS(=O)(=O)O)OCO3. The number of rotatable bonds is 11. The molecule has 1 fully saturated rings. The van der Waals surface area contributed by atoms with Crippen molar-refractivity contribution in [2.45, 2.75) is 26.4 Å². The molecule has 0 unspecified atom stereocenters. The Labute approximate surface area is 307 Å². The van der Waals surface area contributed by atoms with Crippen LogP contribution in [0.5, 0.6) is 17.2 Å². The highest BCUT2D eigenvalue weighted by atomic mass is 32.2. The van der Waals surface area contributed by atoms with Gasteiger partial charge in [0.2, 0.25) is 18.4 Å². The van der Waals surface area contributed by atoms with E-state index >= 15 is 0 Å². The summed E-state index contributed by atoms with van der Waals surface area (Å²) in [4.78, 5) is 77.7. The van der Waals surface area contributed by atoms with Crippen LogP contribution < -0.4 is 39.4 Å². The van der Waals surface area contributed by atoms with E-state index in [0.717, 1.165) is 4.57 Å². The van der Waals surface area contributed by atoms with Gasteiger partial charge >= 0.3 is 23.8 Å². The largest absolute Gasteiger partial charge is 0.480 e. The Morgan fingerprint density at radius 2 is 1.49 bits per heavy atom. The van der Waals surface area contributed by atoms with E-state index in [1.165, 1.54) is 6.08 Å². The van der Waals surface area contributed by atoms with Crippen molar-refractivity contribution < 1.29 is 66.4 Å². The second kappa shape index (κ2) is 14.1. The lowest BCUT2D eigenvalue weighted by Crippen LogP contribution is -2.35. The molecule has 2 aromatic heterocycles. The van der Waals surface area contributed by atoms with E-state index in [1.54, 1.807) is 24.0 Å². The number of carboxylic acids is 3. The number of carboxylic acid groups (broad SMARTS) is 3. The molecule has 5 heterocycles. The van der Waals surface area contributed by atoms with E-state index in [4.69, 9.17) is 31.2 Å². The average Bonchev–Trinajstić information content (AvgIpc) is 3.86. The van der Waals surface area contributed by atoms with Crippen LogP contribution in [0, 0.1) is 9.20 Å². The lowest BCUT2D eigenvalue weighted by molar-refractivity contribution is -0.140. The van der Waals surface area contributed by atoms with Gasteiger partial charge < -0.3 is 39.2 Å². The van der Waals surface area contributed by atoms with Gasteiger partial charge in [-0.2, -0.15) is 8.42 Å². The predicted molar refractivity (Wildman–Crippen MR) is 185 cm³/mol. The van der Waals surface area contributed by atoms with E-state index in [1.807, 2.05) is 0 Å². The molecule has 0 saturated carbocycles. The molecule has 1 aromatic carbocycles. The van der Waals surface area contributed by atoms with Crippen LogP contribution in [0.15, 0.2) is 33.2 Å². The third kappa shape index (κ3) is 7.39. The number of allylic oxidation sites excluding steroid dienone is 1. The van der Waals surface area contributed by atoms with E-state index in [9.17, 15) is 57.1 Å². The fraction of sp³-hybridized carbons (Fsp3) is 0.276. The summed E-state index contributed by atoms with van der Waals surface area (Å²) in [5.41, 5.74) is -1.16. The van der Waals surface area contributed by atoms with Gasteiger partial charge in [-0.25, -0.2) is 0 Å². The highest BCUT2D eigenvalue weighted by Gasteiger charge is 2.37. The van der Waals surface area contributed by atoms with Crippen LogP contribution in [-0.2, 0) is 47.1 Å². The fourth-order valence-electron chi connectivity index (χ4n) is 5.41.